The number of methoxy groups -OCH3 is 1. The van der Waals surface area contributed by atoms with Crippen LogP contribution in [-0.2, 0) is 13.1 Å². The zero-order valence-corrected chi connectivity index (χ0v) is 19.9. The Balaban J connectivity index is 1.57. The van der Waals surface area contributed by atoms with Crippen LogP contribution in [0.15, 0.2) is 89.8 Å². The average Bonchev–Trinajstić information content (AvgIpc) is 3.54. The zero-order chi connectivity index (χ0) is 24.2. The maximum Gasteiger partial charge on any atom is 0.294 e. The van der Waals surface area contributed by atoms with Gasteiger partial charge in [-0.25, -0.2) is 9.98 Å². The Labute approximate surface area is 205 Å². The molecule has 9 heteroatoms. The van der Waals surface area contributed by atoms with Gasteiger partial charge in [-0.3, -0.25) is 10.1 Å². The van der Waals surface area contributed by atoms with E-state index in [2.05, 4.69) is 33.1 Å². The Hall–Kier alpha value is -4.24. The second-order valence-corrected chi connectivity index (χ2v) is 8.83. The Morgan fingerprint density at radius 1 is 1.09 bits per heavy atom. The first-order valence-corrected chi connectivity index (χ1v) is 12.0. The number of thiazole rings is 1. The summed E-state index contributed by atoms with van der Waals surface area (Å²) >= 11 is 1.48. The van der Waals surface area contributed by atoms with E-state index in [9.17, 15) is 10.1 Å². The summed E-state index contributed by atoms with van der Waals surface area (Å²) in [5, 5.41) is 15.8. The Kier molecular flexibility index (Phi) is 6.40. The number of nitrogens with zero attached hydrogens (tertiary/aromatic N) is 5. The Bertz CT molecular complexity index is 1550. The van der Waals surface area contributed by atoms with Crippen molar-refractivity contribution in [2.75, 3.05) is 7.11 Å². The smallest absolute Gasteiger partial charge is 0.294 e. The van der Waals surface area contributed by atoms with Gasteiger partial charge in [-0.1, -0.05) is 30.3 Å². The molecule has 0 radical (unpaired) electrons. The highest BCUT2D eigenvalue weighted by Crippen LogP contribution is 2.29. The number of hydrogen-bond acceptors (Lipinski definition) is 6. The lowest BCUT2D eigenvalue weighted by atomic mass is 10.0. The van der Waals surface area contributed by atoms with Gasteiger partial charge >= 0.3 is 0 Å². The molecule has 5 rings (SSSR count). The summed E-state index contributed by atoms with van der Waals surface area (Å²) in [5.74, 6) is 0.820. The lowest BCUT2D eigenvalue weighted by molar-refractivity contribution is -0.384. The second-order valence-electron chi connectivity index (χ2n) is 7.99. The summed E-state index contributed by atoms with van der Waals surface area (Å²) in [6, 6.07) is 18.9. The topological polar surface area (TPSA) is 87.5 Å². The van der Waals surface area contributed by atoms with Gasteiger partial charge in [-0.15, -0.1) is 11.3 Å². The van der Waals surface area contributed by atoms with Gasteiger partial charge in [0.25, 0.3) is 5.69 Å². The number of rotatable bonds is 8. The molecule has 3 aromatic carbocycles. The van der Waals surface area contributed by atoms with Crippen molar-refractivity contribution in [1.29, 1.82) is 0 Å². The van der Waals surface area contributed by atoms with Crippen LogP contribution in [0, 0.1) is 10.1 Å². The first-order valence-electron chi connectivity index (χ1n) is 11.1. The minimum atomic E-state index is -0.395. The highest BCUT2D eigenvalue weighted by atomic mass is 32.1. The fraction of sp³-hybridized carbons (Fsp3) is 0.154. The molecule has 0 aliphatic heterocycles. The summed E-state index contributed by atoms with van der Waals surface area (Å²) in [7, 11) is 1.66. The molecular formula is C26H23N5O3S. The number of benzene rings is 3. The molecule has 0 amide bonds. The van der Waals surface area contributed by atoms with E-state index < -0.39 is 4.92 Å². The van der Waals surface area contributed by atoms with Crippen molar-refractivity contribution in [3.05, 3.63) is 99.7 Å². The summed E-state index contributed by atoms with van der Waals surface area (Å²) < 4.78 is 9.53. The predicted molar refractivity (Wildman–Crippen MR) is 137 cm³/mol. The van der Waals surface area contributed by atoms with Crippen LogP contribution in [0.2, 0.25) is 0 Å². The molecule has 0 aliphatic carbocycles. The van der Waals surface area contributed by atoms with Gasteiger partial charge in [0.15, 0.2) is 4.80 Å². The van der Waals surface area contributed by atoms with Gasteiger partial charge in [-0.2, -0.15) is 0 Å². The number of aryl methyl sites for hydroxylation is 1. The number of ether oxygens (including phenoxy) is 1. The quantitative estimate of drug-likeness (QED) is 0.205. The lowest BCUT2D eigenvalue weighted by Crippen LogP contribution is -2.17. The van der Waals surface area contributed by atoms with Crippen LogP contribution >= 0.6 is 11.3 Å². The van der Waals surface area contributed by atoms with E-state index in [1.165, 1.54) is 17.4 Å². The number of para-hydroxylation sites is 2. The molecule has 0 saturated heterocycles. The first-order chi connectivity index (χ1) is 17.1. The monoisotopic (exact) mass is 485 g/mol. The summed E-state index contributed by atoms with van der Waals surface area (Å²) in [6.45, 7) is 1.52. The predicted octanol–water partition coefficient (Wildman–Crippen LogP) is 5.81. The van der Waals surface area contributed by atoms with E-state index in [1.54, 1.807) is 37.8 Å². The minimum Gasteiger partial charge on any atom is -0.497 e. The SMILES string of the molecule is COc1ccc2cc(-c3csc(=Nc4ccccc4[N+](=O)[O-])n3CCCn3ccnc3)ccc2c1. The molecule has 0 fully saturated rings. The van der Waals surface area contributed by atoms with Gasteiger partial charge in [0, 0.05) is 36.9 Å². The van der Waals surface area contributed by atoms with Gasteiger partial charge in [0.1, 0.15) is 11.4 Å². The molecule has 176 valence electrons. The first kappa shape index (κ1) is 22.5. The van der Waals surface area contributed by atoms with Crippen LogP contribution in [0.25, 0.3) is 22.0 Å². The summed E-state index contributed by atoms with van der Waals surface area (Å²) in [6.07, 6.45) is 6.36. The van der Waals surface area contributed by atoms with Crippen LogP contribution in [0.4, 0.5) is 11.4 Å². The van der Waals surface area contributed by atoms with Crippen molar-refractivity contribution in [3.63, 3.8) is 0 Å². The average molecular weight is 486 g/mol. The zero-order valence-electron chi connectivity index (χ0n) is 19.1. The lowest BCUT2D eigenvalue weighted by Gasteiger charge is -2.11. The fourth-order valence-corrected chi connectivity index (χ4v) is 4.97. The Morgan fingerprint density at radius 3 is 2.71 bits per heavy atom. The van der Waals surface area contributed by atoms with Gasteiger partial charge in [-0.05, 0) is 47.0 Å². The highest BCUT2D eigenvalue weighted by molar-refractivity contribution is 7.07. The summed E-state index contributed by atoms with van der Waals surface area (Å²) in [5.41, 5.74) is 2.42. The van der Waals surface area contributed by atoms with Crippen molar-refractivity contribution in [3.8, 4) is 17.0 Å². The van der Waals surface area contributed by atoms with Gasteiger partial charge in [0.05, 0.1) is 24.1 Å². The largest absolute Gasteiger partial charge is 0.497 e. The van der Waals surface area contributed by atoms with E-state index in [0.717, 1.165) is 45.5 Å². The van der Waals surface area contributed by atoms with Gasteiger partial charge in [0.2, 0.25) is 0 Å². The number of nitro benzene ring substituents is 1. The van der Waals surface area contributed by atoms with E-state index in [-0.39, 0.29) is 5.69 Å². The molecule has 0 aliphatic rings. The van der Waals surface area contributed by atoms with E-state index in [4.69, 9.17) is 9.73 Å². The van der Waals surface area contributed by atoms with E-state index in [0.29, 0.717) is 12.2 Å². The second kappa shape index (κ2) is 9.94. The maximum absolute atomic E-state index is 11.5. The molecule has 35 heavy (non-hydrogen) atoms. The molecule has 2 heterocycles. The van der Waals surface area contributed by atoms with Crippen molar-refractivity contribution in [2.45, 2.75) is 19.5 Å². The molecule has 5 aromatic rings. The van der Waals surface area contributed by atoms with Crippen LogP contribution in [0.1, 0.15) is 6.42 Å². The summed E-state index contributed by atoms with van der Waals surface area (Å²) in [4.78, 5) is 20.7. The molecule has 0 bridgehead atoms. The third-order valence-corrected chi connectivity index (χ3v) is 6.66. The third-order valence-electron chi connectivity index (χ3n) is 5.79. The molecule has 0 atom stereocenters. The molecular weight excluding hydrogens is 462 g/mol. The van der Waals surface area contributed by atoms with Crippen LogP contribution in [0.5, 0.6) is 5.75 Å². The normalized spacial score (nSPS) is 11.7. The van der Waals surface area contributed by atoms with Crippen LogP contribution in [0.3, 0.4) is 0 Å². The molecule has 0 spiro atoms. The molecule has 2 aromatic heterocycles. The van der Waals surface area contributed by atoms with E-state index >= 15 is 0 Å². The van der Waals surface area contributed by atoms with Gasteiger partial charge < -0.3 is 13.9 Å². The third kappa shape index (κ3) is 4.85. The number of imidazole rings is 1. The van der Waals surface area contributed by atoms with Crippen molar-refractivity contribution >= 4 is 33.5 Å². The number of nitro groups is 1. The van der Waals surface area contributed by atoms with Crippen molar-refractivity contribution in [2.24, 2.45) is 4.99 Å². The molecule has 0 unspecified atom stereocenters. The van der Waals surface area contributed by atoms with Crippen molar-refractivity contribution in [1.82, 2.24) is 14.1 Å². The van der Waals surface area contributed by atoms with Crippen molar-refractivity contribution < 1.29 is 9.66 Å². The number of aromatic nitrogens is 3. The Morgan fingerprint density at radius 2 is 1.91 bits per heavy atom. The minimum absolute atomic E-state index is 0.00734. The molecule has 0 N–H and O–H groups in total. The van der Waals surface area contributed by atoms with E-state index in [1.807, 2.05) is 29.0 Å². The number of hydrogen-bond donors (Lipinski definition) is 0. The maximum atomic E-state index is 11.5. The molecule has 8 nitrogen and oxygen atoms in total. The molecule has 0 saturated carbocycles. The van der Waals surface area contributed by atoms with Crippen LogP contribution in [-0.4, -0.2) is 26.2 Å². The fourth-order valence-electron chi connectivity index (χ4n) is 4.02. The highest BCUT2D eigenvalue weighted by Gasteiger charge is 2.14. The van der Waals surface area contributed by atoms with Crippen LogP contribution < -0.4 is 9.54 Å². The number of fused-ring (bicyclic) bond motifs is 1. The standard InChI is InChI=1S/C26H23N5O3S/c1-34-22-10-9-19-15-21(8-7-20(19)16-22)25-17-35-26(28-23-5-2-3-6-24(23)31(32)33)30(25)13-4-12-29-14-11-27-18-29/h2-3,5-11,14-18H,4,12-13H2,1H3.